The van der Waals surface area contributed by atoms with E-state index in [4.69, 9.17) is 10.5 Å². The van der Waals surface area contributed by atoms with Crippen molar-refractivity contribution < 1.29 is 13.9 Å². The van der Waals surface area contributed by atoms with Crippen molar-refractivity contribution in [1.82, 2.24) is 15.0 Å². The number of benzene rings is 2. The summed E-state index contributed by atoms with van der Waals surface area (Å²) >= 11 is 0. The second-order valence-electron chi connectivity index (χ2n) is 5.76. The number of hydrogen-bond acceptors (Lipinski definition) is 5. The maximum absolute atomic E-state index is 13.3. The van der Waals surface area contributed by atoms with Crippen LogP contribution in [0.4, 0.5) is 20.7 Å². The van der Waals surface area contributed by atoms with Crippen molar-refractivity contribution in [2.75, 3.05) is 11.1 Å². The summed E-state index contributed by atoms with van der Waals surface area (Å²) in [6, 6.07) is 12.9. The minimum Gasteiger partial charge on any atom is -0.441 e. The van der Waals surface area contributed by atoms with Crippen LogP contribution >= 0.6 is 0 Å². The number of aromatic nitrogens is 3. The minimum absolute atomic E-state index is 0.381. The number of nitrogen functional groups attached to an aromatic ring is 1. The van der Waals surface area contributed by atoms with E-state index in [0.29, 0.717) is 22.8 Å². The Morgan fingerprint density at radius 1 is 1.27 bits per heavy atom. The summed E-state index contributed by atoms with van der Waals surface area (Å²) in [6.07, 6.45) is -1.31. The first-order chi connectivity index (χ1) is 12.4. The lowest BCUT2D eigenvalue weighted by atomic mass is 10.1. The van der Waals surface area contributed by atoms with Gasteiger partial charge in [0.05, 0.1) is 0 Å². The number of carbonyl (C=O) groups is 1. The average molecular weight is 355 g/mol. The lowest BCUT2D eigenvalue weighted by Crippen LogP contribution is -2.18. The number of aryl methyl sites for hydroxylation is 1. The summed E-state index contributed by atoms with van der Waals surface area (Å²) in [5, 5.41) is 10.6. The molecule has 1 atom stereocenters. The Balaban J connectivity index is 1.75. The molecule has 0 spiro atoms. The van der Waals surface area contributed by atoms with Crippen LogP contribution in [0.1, 0.15) is 18.6 Å². The van der Waals surface area contributed by atoms with Gasteiger partial charge in [-0.3, -0.25) is 5.32 Å². The second kappa shape index (κ2) is 7.22. The summed E-state index contributed by atoms with van der Waals surface area (Å²) in [6.45, 7) is 1.66. The van der Waals surface area contributed by atoms with Crippen LogP contribution in [-0.2, 0) is 11.8 Å². The number of ether oxygens (including phenoxy) is 1. The molecule has 0 aliphatic heterocycles. The van der Waals surface area contributed by atoms with Gasteiger partial charge >= 0.3 is 6.09 Å². The monoisotopic (exact) mass is 355 g/mol. The van der Waals surface area contributed by atoms with Crippen LogP contribution in [-0.4, -0.2) is 21.1 Å². The van der Waals surface area contributed by atoms with Crippen LogP contribution in [0, 0.1) is 5.82 Å². The Kier molecular flexibility index (Phi) is 4.83. The maximum atomic E-state index is 13.3. The van der Waals surface area contributed by atoms with Gasteiger partial charge in [-0.1, -0.05) is 29.5 Å². The number of hydrogen-bond donors (Lipinski definition) is 2. The van der Waals surface area contributed by atoms with E-state index in [9.17, 15) is 9.18 Å². The van der Waals surface area contributed by atoms with Gasteiger partial charge in [0, 0.05) is 18.3 Å². The topological polar surface area (TPSA) is 95.1 Å². The normalized spacial score (nSPS) is 11.8. The third-order valence-corrected chi connectivity index (χ3v) is 3.83. The molecule has 134 valence electrons. The Labute approximate surface area is 149 Å². The molecule has 3 rings (SSSR count). The molecule has 0 saturated carbocycles. The van der Waals surface area contributed by atoms with Crippen LogP contribution in [0.25, 0.3) is 11.3 Å². The quantitative estimate of drug-likeness (QED) is 0.698. The highest BCUT2D eigenvalue weighted by atomic mass is 19.1. The minimum atomic E-state index is -0.691. The number of carbonyl (C=O) groups excluding carboxylic acids is 1. The zero-order valence-electron chi connectivity index (χ0n) is 14.3. The maximum Gasteiger partial charge on any atom is 0.413 e. The van der Waals surface area contributed by atoms with Crippen LogP contribution < -0.4 is 11.1 Å². The van der Waals surface area contributed by atoms with Gasteiger partial charge in [0.25, 0.3) is 0 Å². The predicted octanol–water partition coefficient (Wildman–Crippen LogP) is 3.51. The van der Waals surface area contributed by atoms with Crippen molar-refractivity contribution >= 4 is 17.6 Å². The highest BCUT2D eigenvalue weighted by molar-refractivity contribution is 5.88. The Hall–Kier alpha value is -3.42. The van der Waals surface area contributed by atoms with E-state index >= 15 is 0 Å². The number of nitrogens with zero attached hydrogens (tertiary/aromatic N) is 3. The van der Waals surface area contributed by atoms with Crippen LogP contribution in [0.2, 0.25) is 0 Å². The van der Waals surface area contributed by atoms with Crippen LogP contribution in [0.15, 0.2) is 48.5 Å². The zero-order valence-corrected chi connectivity index (χ0v) is 14.3. The molecule has 0 saturated heterocycles. The van der Waals surface area contributed by atoms with E-state index in [0.717, 1.165) is 5.56 Å². The highest BCUT2D eigenvalue weighted by Gasteiger charge is 2.18. The fraction of sp³-hybridized carbons (Fsp3) is 0.167. The molecule has 0 unspecified atom stereocenters. The first kappa shape index (κ1) is 17.4. The Bertz CT molecular complexity index is 924. The molecule has 1 aromatic heterocycles. The van der Waals surface area contributed by atoms with Gasteiger partial charge in [0.1, 0.15) is 17.6 Å². The first-order valence-electron chi connectivity index (χ1n) is 7.92. The Morgan fingerprint density at radius 3 is 2.69 bits per heavy atom. The largest absolute Gasteiger partial charge is 0.441 e. The molecule has 7 nitrogen and oxygen atoms in total. The highest BCUT2D eigenvalue weighted by Crippen LogP contribution is 2.26. The summed E-state index contributed by atoms with van der Waals surface area (Å²) in [5.41, 5.74) is 8.11. The average Bonchev–Trinajstić information content (AvgIpc) is 2.96. The number of anilines is 2. The smallest absolute Gasteiger partial charge is 0.413 e. The van der Waals surface area contributed by atoms with Crippen molar-refractivity contribution in [2.45, 2.75) is 13.0 Å². The van der Waals surface area contributed by atoms with E-state index in [1.54, 1.807) is 50.4 Å². The van der Waals surface area contributed by atoms with E-state index in [1.165, 1.54) is 16.8 Å². The molecule has 0 radical (unpaired) electrons. The van der Waals surface area contributed by atoms with Crippen LogP contribution in [0.3, 0.4) is 0 Å². The van der Waals surface area contributed by atoms with E-state index in [2.05, 4.69) is 15.6 Å². The van der Waals surface area contributed by atoms with Gasteiger partial charge in [-0.05, 0) is 36.8 Å². The number of rotatable bonds is 4. The summed E-state index contributed by atoms with van der Waals surface area (Å²) < 4.78 is 20.1. The van der Waals surface area contributed by atoms with E-state index in [1.807, 2.05) is 0 Å². The molecule has 26 heavy (non-hydrogen) atoms. The number of amides is 1. The fourth-order valence-corrected chi connectivity index (χ4v) is 2.45. The van der Waals surface area contributed by atoms with Gasteiger partial charge in [-0.15, -0.1) is 5.10 Å². The SMILES string of the molecule is C[C@@H](OC(=O)Nc1c(-c2ccc(N)cc2)nnn1C)c1cccc(F)c1. The molecule has 0 fully saturated rings. The lowest BCUT2D eigenvalue weighted by molar-refractivity contribution is 0.121. The van der Waals surface area contributed by atoms with Crippen molar-refractivity contribution in [2.24, 2.45) is 7.05 Å². The molecule has 1 heterocycles. The molecule has 8 heteroatoms. The summed E-state index contributed by atoms with van der Waals surface area (Å²) in [4.78, 5) is 12.3. The van der Waals surface area contributed by atoms with Gasteiger partial charge in [0.15, 0.2) is 5.82 Å². The van der Waals surface area contributed by atoms with Gasteiger partial charge < -0.3 is 10.5 Å². The van der Waals surface area contributed by atoms with E-state index in [-0.39, 0.29) is 5.82 Å². The Morgan fingerprint density at radius 2 is 2.00 bits per heavy atom. The molecule has 1 amide bonds. The molecule has 0 bridgehead atoms. The molecular weight excluding hydrogens is 337 g/mol. The number of nitrogens with two attached hydrogens (primary N) is 1. The molecule has 0 aliphatic rings. The fourth-order valence-electron chi connectivity index (χ4n) is 2.45. The summed E-state index contributed by atoms with van der Waals surface area (Å²) in [7, 11) is 1.65. The number of nitrogens with one attached hydrogen (secondary N) is 1. The molecule has 0 aliphatic carbocycles. The predicted molar refractivity (Wildman–Crippen MR) is 95.8 cm³/mol. The van der Waals surface area contributed by atoms with Crippen molar-refractivity contribution in [3.63, 3.8) is 0 Å². The molecule has 3 aromatic rings. The third kappa shape index (κ3) is 3.80. The van der Waals surface area contributed by atoms with Crippen LogP contribution in [0.5, 0.6) is 0 Å². The first-order valence-corrected chi connectivity index (χ1v) is 7.92. The second-order valence-corrected chi connectivity index (χ2v) is 5.76. The van der Waals surface area contributed by atoms with Crippen molar-refractivity contribution in [3.05, 3.63) is 59.9 Å². The third-order valence-electron chi connectivity index (χ3n) is 3.83. The molecule has 3 N–H and O–H groups in total. The van der Waals surface area contributed by atoms with Gasteiger partial charge in [0.2, 0.25) is 0 Å². The number of halogens is 1. The summed E-state index contributed by atoms with van der Waals surface area (Å²) in [5.74, 6) is -0.00829. The zero-order chi connectivity index (χ0) is 18.7. The van der Waals surface area contributed by atoms with Gasteiger partial charge in [-0.25, -0.2) is 13.9 Å². The van der Waals surface area contributed by atoms with E-state index < -0.39 is 12.2 Å². The lowest BCUT2D eigenvalue weighted by Gasteiger charge is -2.14. The molecular formula is C18H18FN5O2. The van der Waals surface area contributed by atoms with Gasteiger partial charge in [-0.2, -0.15) is 0 Å². The standard InChI is InChI=1S/C18H18FN5O2/c1-11(13-4-3-5-14(19)10-13)26-18(25)21-17-16(22-23-24(17)2)12-6-8-15(20)9-7-12/h3-11H,20H2,1-2H3,(H,21,25)/t11-/m1/s1. The molecule has 2 aromatic carbocycles. The van der Waals surface area contributed by atoms with Crippen molar-refractivity contribution in [1.29, 1.82) is 0 Å². The van der Waals surface area contributed by atoms with Crippen molar-refractivity contribution in [3.8, 4) is 11.3 Å².